The fourth-order valence-electron chi connectivity index (χ4n) is 4.46. The third kappa shape index (κ3) is 5.52. The van der Waals surface area contributed by atoms with Crippen LogP contribution in [0.15, 0.2) is 78.9 Å². The molecule has 3 aromatic rings. The molecule has 196 valence electrons. The van der Waals surface area contributed by atoms with Crippen molar-refractivity contribution in [3.63, 3.8) is 0 Å². The number of nitrogens with zero attached hydrogens (tertiary/aromatic N) is 1. The summed E-state index contributed by atoms with van der Waals surface area (Å²) < 4.78 is 42.6. The first-order valence-corrected chi connectivity index (χ1v) is 13.8. The Hall–Kier alpha value is -3.32. The summed E-state index contributed by atoms with van der Waals surface area (Å²) in [6.45, 7) is 3.81. The molecule has 8 nitrogen and oxygen atoms in total. The molecule has 9 heteroatoms. The van der Waals surface area contributed by atoms with E-state index in [9.17, 15) is 9.36 Å². The molecule has 1 aliphatic rings. The van der Waals surface area contributed by atoms with Crippen LogP contribution in [0.5, 0.6) is 17.2 Å². The highest BCUT2D eigenvalue weighted by Gasteiger charge is 2.58. The number of methoxy groups -OCH3 is 2. The Morgan fingerprint density at radius 2 is 1.32 bits per heavy atom. The SMILES string of the molecule is CCOP(=O)(OCC)C(c1ccc(OC)cc1)N1C(=O)[C@H](Oc2ccccc2)[C@@H]1c1ccc(OC)cc1. The van der Waals surface area contributed by atoms with Crippen molar-refractivity contribution in [3.8, 4) is 17.2 Å². The first-order chi connectivity index (χ1) is 18.0. The summed E-state index contributed by atoms with van der Waals surface area (Å²) in [7, 11) is -0.667. The summed E-state index contributed by atoms with van der Waals surface area (Å²) in [4.78, 5) is 15.3. The maximum absolute atomic E-state index is 14.3. The van der Waals surface area contributed by atoms with Gasteiger partial charge in [-0.2, -0.15) is 0 Å². The molecule has 0 aromatic heterocycles. The lowest BCUT2D eigenvalue weighted by molar-refractivity contribution is -0.167. The second-order valence-electron chi connectivity index (χ2n) is 8.34. The number of hydrogen-bond donors (Lipinski definition) is 0. The highest BCUT2D eigenvalue weighted by atomic mass is 31.2. The van der Waals surface area contributed by atoms with Gasteiger partial charge in [-0.25, -0.2) is 0 Å². The molecule has 1 saturated heterocycles. The molecule has 1 amide bonds. The van der Waals surface area contributed by atoms with Gasteiger partial charge in [-0.1, -0.05) is 42.5 Å². The van der Waals surface area contributed by atoms with Gasteiger partial charge in [-0.15, -0.1) is 0 Å². The number of benzene rings is 3. The highest BCUT2D eigenvalue weighted by Crippen LogP contribution is 2.65. The minimum atomic E-state index is -3.83. The molecule has 0 radical (unpaired) electrons. The Bertz CT molecular complexity index is 1210. The van der Waals surface area contributed by atoms with Gasteiger partial charge in [0.05, 0.1) is 27.4 Å². The largest absolute Gasteiger partial charge is 0.497 e. The van der Waals surface area contributed by atoms with E-state index in [1.807, 2.05) is 42.5 Å². The number of ether oxygens (including phenoxy) is 3. The van der Waals surface area contributed by atoms with Crippen LogP contribution in [-0.4, -0.2) is 44.3 Å². The van der Waals surface area contributed by atoms with Gasteiger partial charge in [-0.05, 0) is 61.4 Å². The van der Waals surface area contributed by atoms with Crippen molar-refractivity contribution in [1.82, 2.24) is 4.90 Å². The van der Waals surface area contributed by atoms with Crippen molar-refractivity contribution in [2.24, 2.45) is 0 Å². The summed E-state index contributed by atoms with van der Waals surface area (Å²) in [5.74, 6) is 0.580. The third-order valence-corrected chi connectivity index (χ3v) is 8.53. The van der Waals surface area contributed by atoms with E-state index in [4.69, 9.17) is 23.3 Å². The lowest BCUT2D eigenvalue weighted by Gasteiger charge is -2.51. The van der Waals surface area contributed by atoms with Crippen LogP contribution < -0.4 is 14.2 Å². The molecule has 0 aliphatic carbocycles. The van der Waals surface area contributed by atoms with E-state index in [2.05, 4.69) is 0 Å². The number of para-hydroxylation sites is 1. The van der Waals surface area contributed by atoms with E-state index in [0.717, 1.165) is 5.56 Å². The zero-order valence-corrected chi connectivity index (χ0v) is 22.3. The topological polar surface area (TPSA) is 83.5 Å². The van der Waals surface area contributed by atoms with Crippen LogP contribution in [-0.2, 0) is 18.4 Å². The van der Waals surface area contributed by atoms with E-state index in [1.54, 1.807) is 69.4 Å². The van der Waals surface area contributed by atoms with E-state index < -0.39 is 25.5 Å². The summed E-state index contributed by atoms with van der Waals surface area (Å²) in [5.41, 5.74) is 1.41. The van der Waals surface area contributed by atoms with Crippen molar-refractivity contribution < 1.29 is 32.6 Å². The Morgan fingerprint density at radius 1 is 0.784 bits per heavy atom. The molecule has 1 fully saturated rings. The zero-order valence-electron chi connectivity index (χ0n) is 21.4. The van der Waals surface area contributed by atoms with Crippen molar-refractivity contribution in [2.45, 2.75) is 31.8 Å². The van der Waals surface area contributed by atoms with Crippen molar-refractivity contribution in [1.29, 1.82) is 0 Å². The highest BCUT2D eigenvalue weighted by molar-refractivity contribution is 7.54. The normalized spacial score (nSPS) is 18.2. The molecule has 0 spiro atoms. The van der Waals surface area contributed by atoms with Crippen LogP contribution in [0, 0.1) is 0 Å². The van der Waals surface area contributed by atoms with Crippen molar-refractivity contribution in [3.05, 3.63) is 90.0 Å². The maximum Gasteiger partial charge on any atom is 0.357 e. The molecule has 1 unspecified atom stereocenters. The Balaban J connectivity index is 1.81. The van der Waals surface area contributed by atoms with E-state index in [-0.39, 0.29) is 19.1 Å². The van der Waals surface area contributed by atoms with E-state index >= 15 is 0 Å². The van der Waals surface area contributed by atoms with Gasteiger partial charge in [-0.3, -0.25) is 9.36 Å². The second-order valence-corrected chi connectivity index (χ2v) is 10.4. The summed E-state index contributed by atoms with van der Waals surface area (Å²) in [6.07, 6.45) is -0.826. The second kappa shape index (κ2) is 11.8. The van der Waals surface area contributed by atoms with Crippen LogP contribution in [0.2, 0.25) is 0 Å². The fourth-order valence-corrected chi connectivity index (χ4v) is 6.64. The van der Waals surface area contributed by atoms with Gasteiger partial charge in [0.15, 0.2) is 5.78 Å². The standard InChI is InChI=1S/C28H32NO7P/c1-5-34-37(31,35-6-2)28(21-14-18-23(33-4)19-15-21)29-25(20-12-16-22(32-3)17-13-20)26(27(29)30)36-24-10-8-7-9-11-24/h7-19,25-26,28H,5-6H2,1-4H3/t25-,26+,28?/m0/s1. The molecule has 3 aromatic carbocycles. The Kier molecular flexibility index (Phi) is 8.54. The number of rotatable bonds is 12. The summed E-state index contributed by atoms with van der Waals surface area (Å²) in [5, 5.41) is 0. The predicted octanol–water partition coefficient (Wildman–Crippen LogP) is 6.00. The average molecular weight is 526 g/mol. The first-order valence-electron chi connectivity index (χ1n) is 12.2. The van der Waals surface area contributed by atoms with Gasteiger partial charge in [0.1, 0.15) is 23.3 Å². The molecule has 0 saturated carbocycles. The minimum Gasteiger partial charge on any atom is -0.497 e. The lowest BCUT2D eigenvalue weighted by atomic mass is 9.89. The fraction of sp³-hybridized carbons (Fsp3) is 0.321. The van der Waals surface area contributed by atoms with Crippen LogP contribution in [0.3, 0.4) is 0 Å². The van der Waals surface area contributed by atoms with Gasteiger partial charge in [0.2, 0.25) is 6.10 Å². The first kappa shape index (κ1) is 26.7. The number of amides is 1. The monoisotopic (exact) mass is 525 g/mol. The molecule has 1 heterocycles. The summed E-state index contributed by atoms with van der Waals surface area (Å²) in [6, 6.07) is 23.1. The molecule has 0 bridgehead atoms. The Labute approximate surface area is 217 Å². The van der Waals surface area contributed by atoms with Crippen LogP contribution in [0.1, 0.15) is 36.8 Å². The van der Waals surface area contributed by atoms with Crippen LogP contribution in [0.25, 0.3) is 0 Å². The van der Waals surface area contributed by atoms with E-state index in [1.165, 1.54) is 0 Å². The number of carbonyl (C=O) groups is 1. The van der Waals surface area contributed by atoms with Crippen molar-refractivity contribution >= 4 is 13.5 Å². The van der Waals surface area contributed by atoms with Gasteiger partial charge >= 0.3 is 7.60 Å². The zero-order chi connectivity index (χ0) is 26.4. The molecular weight excluding hydrogens is 493 g/mol. The van der Waals surface area contributed by atoms with Gasteiger partial charge in [0.25, 0.3) is 5.91 Å². The summed E-state index contributed by atoms with van der Waals surface area (Å²) >= 11 is 0. The lowest BCUT2D eigenvalue weighted by Crippen LogP contribution is -2.62. The quantitative estimate of drug-likeness (QED) is 0.212. The molecular formula is C28H32NO7P. The molecule has 0 N–H and O–H groups in total. The predicted molar refractivity (Wildman–Crippen MR) is 140 cm³/mol. The molecule has 1 aliphatic heterocycles. The van der Waals surface area contributed by atoms with Crippen molar-refractivity contribution in [2.75, 3.05) is 27.4 Å². The Morgan fingerprint density at radius 3 is 1.84 bits per heavy atom. The third-order valence-electron chi connectivity index (χ3n) is 6.14. The molecule has 37 heavy (non-hydrogen) atoms. The number of carbonyl (C=O) groups excluding carboxylic acids is 1. The molecule has 3 atom stereocenters. The number of likely N-dealkylation sites (tertiary alicyclic amines) is 1. The maximum atomic E-state index is 14.3. The van der Waals surface area contributed by atoms with Gasteiger partial charge < -0.3 is 28.2 Å². The average Bonchev–Trinajstić information content (AvgIpc) is 2.93. The smallest absolute Gasteiger partial charge is 0.357 e. The minimum absolute atomic E-state index is 0.156. The number of hydrogen-bond acceptors (Lipinski definition) is 7. The van der Waals surface area contributed by atoms with Crippen LogP contribution >= 0.6 is 7.60 Å². The molecule has 4 rings (SSSR count). The van der Waals surface area contributed by atoms with E-state index in [0.29, 0.717) is 22.8 Å². The number of β-lactam (4-membered cyclic amide) rings is 1. The van der Waals surface area contributed by atoms with Gasteiger partial charge in [0, 0.05) is 0 Å². The van der Waals surface area contributed by atoms with Crippen LogP contribution in [0.4, 0.5) is 0 Å².